The van der Waals surface area contributed by atoms with Gasteiger partial charge in [0.05, 0.1) is 11.3 Å². The van der Waals surface area contributed by atoms with Crippen molar-refractivity contribution in [2.45, 2.75) is 0 Å². The molecule has 1 aromatic carbocycles. The Morgan fingerprint density at radius 1 is 0.947 bits per heavy atom. The summed E-state index contributed by atoms with van der Waals surface area (Å²) in [6, 6.07) is 9.23. The second-order valence-electron chi connectivity index (χ2n) is 3.78. The molecule has 0 spiro atoms. The molecular weight excluding hydrogens is 250 g/mol. The minimum atomic E-state index is -1.47. The smallest absolute Gasteiger partial charge is 0.341 e. The number of hydrogen-bond acceptors (Lipinski definition) is 3. The van der Waals surface area contributed by atoms with Crippen LogP contribution in [0.5, 0.6) is 0 Å². The van der Waals surface area contributed by atoms with E-state index in [9.17, 15) is 14.4 Å². The molecule has 0 amide bonds. The zero-order valence-corrected chi connectivity index (χ0v) is 9.58. The molecule has 96 valence electrons. The minimum Gasteiger partial charge on any atom is -0.478 e. The Labute approximate surface area is 107 Å². The lowest BCUT2D eigenvalue weighted by Crippen LogP contribution is -2.20. The summed E-state index contributed by atoms with van der Waals surface area (Å²) < 4.78 is 0. The lowest BCUT2D eigenvalue weighted by molar-refractivity contribution is 0.0695. The second kappa shape index (κ2) is 4.77. The van der Waals surface area contributed by atoms with Crippen molar-refractivity contribution in [3.63, 3.8) is 0 Å². The number of benzene rings is 1. The molecule has 6 nitrogen and oxygen atoms in total. The molecule has 0 aliphatic carbocycles. The molecule has 0 saturated carbocycles. The SMILES string of the molecule is O=C(O)c1cc(C(=O)O)c(=O)[nH]c1-c1ccccc1. The maximum Gasteiger partial charge on any atom is 0.341 e. The van der Waals surface area contributed by atoms with Gasteiger partial charge in [0, 0.05) is 0 Å². The van der Waals surface area contributed by atoms with Crippen LogP contribution in [0, 0.1) is 0 Å². The third-order valence-corrected chi connectivity index (χ3v) is 2.56. The number of H-pyrrole nitrogens is 1. The molecule has 0 bridgehead atoms. The number of rotatable bonds is 3. The Bertz CT molecular complexity index is 703. The van der Waals surface area contributed by atoms with Crippen LogP contribution in [0.25, 0.3) is 11.3 Å². The van der Waals surface area contributed by atoms with Crippen molar-refractivity contribution in [3.05, 3.63) is 57.9 Å². The van der Waals surface area contributed by atoms with Crippen molar-refractivity contribution < 1.29 is 19.8 Å². The average molecular weight is 259 g/mol. The average Bonchev–Trinajstić information content (AvgIpc) is 2.38. The van der Waals surface area contributed by atoms with Gasteiger partial charge in [0.25, 0.3) is 5.56 Å². The van der Waals surface area contributed by atoms with E-state index < -0.39 is 23.1 Å². The second-order valence-corrected chi connectivity index (χ2v) is 3.78. The van der Waals surface area contributed by atoms with Crippen LogP contribution in [0.4, 0.5) is 0 Å². The Balaban J connectivity index is 2.75. The predicted molar refractivity (Wildman–Crippen MR) is 66.4 cm³/mol. The van der Waals surface area contributed by atoms with Crippen LogP contribution in [0.3, 0.4) is 0 Å². The van der Waals surface area contributed by atoms with Crippen molar-refractivity contribution in [2.24, 2.45) is 0 Å². The van der Waals surface area contributed by atoms with Gasteiger partial charge in [-0.1, -0.05) is 30.3 Å². The molecule has 0 saturated heterocycles. The lowest BCUT2D eigenvalue weighted by Gasteiger charge is -2.07. The van der Waals surface area contributed by atoms with Gasteiger partial charge in [-0.05, 0) is 11.6 Å². The van der Waals surface area contributed by atoms with Crippen molar-refractivity contribution in [3.8, 4) is 11.3 Å². The summed E-state index contributed by atoms with van der Waals surface area (Å²) in [6.07, 6.45) is 0. The van der Waals surface area contributed by atoms with E-state index in [1.807, 2.05) is 0 Å². The standard InChI is InChI=1S/C13H9NO5/c15-11-9(13(18)19)6-8(12(16)17)10(14-11)7-4-2-1-3-5-7/h1-6H,(H,14,15)(H,16,17)(H,18,19). The topological polar surface area (TPSA) is 107 Å². The Morgan fingerprint density at radius 2 is 1.53 bits per heavy atom. The van der Waals surface area contributed by atoms with E-state index in [2.05, 4.69) is 4.98 Å². The molecule has 0 atom stereocenters. The number of nitrogens with one attached hydrogen (secondary N) is 1. The molecular formula is C13H9NO5. The van der Waals surface area contributed by atoms with Crippen LogP contribution in [0.15, 0.2) is 41.2 Å². The number of carbonyl (C=O) groups is 2. The molecule has 3 N–H and O–H groups in total. The van der Waals surface area contributed by atoms with Crippen LogP contribution in [-0.4, -0.2) is 27.1 Å². The van der Waals surface area contributed by atoms with E-state index >= 15 is 0 Å². The number of aromatic amines is 1. The van der Waals surface area contributed by atoms with Crippen LogP contribution in [0.2, 0.25) is 0 Å². The predicted octanol–water partition coefficient (Wildman–Crippen LogP) is 1.44. The monoisotopic (exact) mass is 259 g/mol. The van der Waals surface area contributed by atoms with Gasteiger partial charge in [-0.3, -0.25) is 4.79 Å². The van der Waals surface area contributed by atoms with Gasteiger partial charge >= 0.3 is 11.9 Å². The largest absolute Gasteiger partial charge is 0.478 e. The number of carboxylic acid groups (broad SMARTS) is 2. The number of aromatic nitrogens is 1. The van der Waals surface area contributed by atoms with Crippen LogP contribution in [0.1, 0.15) is 20.7 Å². The highest BCUT2D eigenvalue weighted by molar-refractivity contribution is 5.98. The molecule has 0 radical (unpaired) electrons. The number of hydrogen-bond donors (Lipinski definition) is 3. The van der Waals surface area contributed by atoms with E-state index in [4.69, 9.17) is 10.2 Å². The van der Waals surface area contributed by atoms with Gasteiger partial charge < -0.3 is 15.2 Å². The third kappa shape index (κ3) is 2.37. The summed E-state index contributed by atoms with van der Waals surface area (Å²) in [5.74, 6) is -2.78. The molecule has 0 unspecified atom stereocenters. The summed E-state index contributed by atoms with van der Waals surface area (Å²) in [7, 11) is 0. The molecule has 1 heterocycles. The third-order valence-electron chi connectivity index (χ3n) is 2.56. The van der Waals surface area contributed by atoms with Crippen LogP contribution in [-0.2, 0) is 0 Å². The molecule has 0 aliphatic rings. The number of carboxylic acids is 2. The first-order valence-electron chi connectivity index (χ1n) is 5.30. The van der Waals surface area contributed by atoms with E-state index in [0.717, 1.165) is 6.07 Å². The lowest BCUT2D eigenvalue weighted by atomic mass is 10.0. The highest BCUT2D eigenvalue weighted by Gasteiger charge is 2.18. The van der Waals surface area contributed by atoms with Crippen molar-refractivity contribution in [1.82, 2.24) is 4.98 Å². The van der Waals surface area contributed by atoms with Gasteiger partial charge in [-0.15, -0.1) is 0 Å². The van der Waals surface area contributed by atoms with Gasteiger partial charge in [0.2, 0.25) is 0 Å². The van der Waals surface area contributed by atoms with Gasteiger partial charge in [-0.25, -0.2) is 9.59 Å². The van der Waals surface area contributed by atoms with Crippen molar-refractivity contribution in [2.75, 3.05) is 0 Å². The fraction of sp³-hybridized carbons (Fsp3) is 0. The maximum absolute atomic E-state index is 11.6. The van der Waals surface area contributed by atoms with E-state index in [1.54, 1.807) is 30.3 Å². The molecule has 2 rings (SSSR count). The normalized spacial score (nSPS) is 10.1. The van der Waals surface area contributed by atoms with Gasteiger partial charge in [-0.2, -0.15) is 0 Å². The van der Waals surface area contributed by atoms with Crippen molar-refractivity contribution >= 4 is 11.9 Å². The van der Waals surface area contributed by atoms with Crippen LogP contribution < -0.4 is 5.56 Å². The molecule has 1 aromatic heterocycles. The summed E-state index contributed by atoms with van der Waals surface area (Å²) >= 11 is 0. The Morgan fingerprint density at radius 3 is 2.05 bits per heavy atom. The summed E-state index contributed by atoms with van der Waals surface area (Å²) in [4.78, 5) is 35.9. The van der Waals surface area contributed by atoms with Crippen molar-refractivity contribution in [1.29, 1.82) is 0 Å². The fourth-order valence-electron chi connectivity index (χ4n) is 1.69. The van der Waals surface area contributed by atoms with Gasteiger partial charge in [0.15, 0.2) is 0 Å². The van der Waals surface area contributed by atoms with E-state index in [0.29, 0.717) is 5.56 Å². The highest BCUT2D eigenvalue weighted by Crippen LogP contribution is 2.20. The van der Waals surface area contributed by atoms with E-state index in [-0.39, 0.29) is 11.3 Å². The summed E-state index contributed by atoms with van der Waals surface area (Å²) in [5, 5.41) is 17.9. The molecule has 0 aliphatic heterocycles. The van der Waals surface area contributed by atoms with Crippen LogP contribution >= 0.6 is 0 Å². The zero-order valence-electron chi connectivity index (χ0n) is 9.58. The first-order chi connectivity index (χ1) is 9.00. The summed E-state index contributed by atoms with van der Waals surface area (Å²) in [5.41, 5.74) is -1.12. The maximum atomic E-state index is 11.6. The molecule has 6 heteroatoms. The number of pyridine rings is 1. The molecule has 19 heavy (non-hydrogen) atoms. The van der Waals surface area contributed by atoms with Gasteiger partial charge in [0.1, 0.15) is 5.56 Å². The summed E-state index contributed by atoms with van der Waals surface area (Å²) in [6.45, 7) is 0. The Hall–Kier alpha value is -2.89. The Kier molecular flexibility index (Phi) is 3.15. The number of aromatic carboxylic acids is 2. The molecule has 0 fully saturated rings. The first kappa shape index (κ1) is 12.6. The fourth-order valence-corrected chi connectivity index (χ4v) is 1.69. The highest BCUT2D eigenvalue weighted by atomic mass is 16.4. The van der Waals surface area contributed by atoms with E-state index in [1.165, 1.54) is 0 Å². The zero-order chi connectivity index (χ0) is 14.0. The minimum absolute atomic E-state index is 0.0862. The first-order valence-corrected chi connectivity index (χ1v) is 5.30. The quantitative estimate of drug-likeness (QED) is 0.773. The molecule has 2 aromatic rings.